The monoisotopic (exact) mass is 261 g/mol. The Kier molecular flexibility index (Phi) is 6.56. The predicted octanol–water partition coefficient (Wildman–Crippen LogP) is -3.50. The molecule has 0 bridgehead atoms. The Balaban J connectivity index is 4.17. The van der Waals surface area contributed by atoms with Crippen molar-refractivity contribution < 1.29 is 39.3 Å². The van der Waals surface area contributed by atoms with Gasteiger partial charge in [0.2, 0.25) is 0 Å². The SMILES string of the molecule is N[C@H](CO)[C@@H](O)[C@H](O)[C@H](O)COP(=O)(O)O. The third-order valence-corrected chi connectivity index (χ3v) is 2.29. The number of aliphatic hydroxyl groups is 4. The van der Waals surface area contributed by atoms with Gasteiger partial charge in [-0.1, -0.05) is 0 Å². The highest BCUT2D eigenvalue weighted by Gasteiger charge is 2.30. The number of nitrogens with two attached hydrogens (primary N) is 1. The average molecular weight is 261 g/mol. The molecule has 4 atom stereocenters. The normalized spacial score (nSPS) is 20.2. The first-order valence-electron chi connectivity index (χ1n) is 4.29. The van der Waals surface area contributed by atoms with Crippen LogP contribution in [-0.2, 0) is 9.09 Å². The van der Waals surface area contributed by atoms with E-state index in [2.05, 4.69) is 4.52 Å². The summed E-state index contributed by atoms with van der Waals surface area (Å²) in [5.41, 5.74) is 5.17. The van der Waals surface area contributed by atoms with E-state index in [0.29, 0.717) is 0 Å². The van der Waals surface area contributed by atoms with Gasteiger partial charge >= 0.3 is 7.82 Å². The topological polar surface area (TPSA) is 174 Å². The fourth-order valence-corrected chi connectivity index (χ4v) is 1.21. The van der Waals surface area contributed by atoms with Gasteiger partial charge in [0.15, 0.2) is 0 Å². The average Bonchev–Trinajstić information content (AvgIpc) is 2.21. The van der Waals surface area contributed by atoms with Gasteiger partial charge in [0.25, 0.3) is 0 Å². The fourth-order valence-electron chi connectivity index (χ4n) is 0.861. The highest BCUT2D eigenvalue weighted by molar-refractivity contribution is 7.46. The molecule has 0 amide bonds. The van der Waals surface area contributed by atoms with E-state index in [4.69, 9.17) is 20.6 Å². The molecule has 0 aromatic rings. The van der Waals surface area contributed by atoms with Gasteiger partial charge in [0.1, 0.15) is 12.2 Å². The molecule has 16 heavy (non-hydrogen) atoms. The third-order valence-electron chi connectivity index (χ3n) is 1.81. The summed E-state index contributed by atoms with van der Waals surface area (Å²) < 4.78 is 14.2. The van der Waals surface area contributed by atoms with Crippen LogP contribution in [0, 0.1) is 0 Å². The lowest BCUT2D eigenvalue weighted by molar-refractivity contribution is -0.0863. The number of rotatable bonds is 7. The van der Waals surface area contributed by atoms with Crippen LogP contribution in [0.25, 0.3) is 0 Å². The van der Waals surface area contributed by atoms with Gasteiger partial charge in [-0.2, -0.15) is 0 Å². The first-order valence-corrected chi connectivity index (χ1v) is 5.82. The lowest BCUT2D eigenvalue weighted by atomic mass is 10.0. The molecule has 0 saturated heterocycles. The molecule has 0 fully saturated rings. The van der Waals surface area contributed by atoms with Crippen LogP contribution in [0.2, 0.25) is 0 Å². The molecule has 0 aromatic carbocycles. The first kappa shape index (κ1) is 15.9. The fraction of sp³-hybridized carbons (Fsp3) is 1.00. The van der Waals surface area contributed by atoms with Gasteiger partial charge in [-0.25, -0.2) is 4.57 Å². The van der Waals surface area contributed by atoms with Gasteiger partial charge < -0.3 is 35.9 Å². The van der Waals surface area contributed by atoms with Crippen molar-refractivity contribution in [2.75, 3.05) is 13.2 Å². The Morgan fingerprint density at radius 1 is 1.19 bits per heavy atom. The summed E-state index contributed by atoms with van der Waals surface area (Å²) in [6, 6.07) is -1.18. The maximum atomic E-state index is 10.3. The first-order chi connectivity index (χ1) is 7.19. The van der Waals surface area contributed by atoms with Crippen LogP contribution in [0.4, 0.5) is 0 Å². The summed E-state index contributed by atoms with van der Waals surface area (Å²) in [5.74, 6) is 0. The molecule has 0 unspecified atom stereocenters. The Morgan fingerprint density at radius 2 is 1.69 bits per heavy atom. The van der Waals surface area contributed by atoms with Crippen molar-refractivity contribution >= 4 is 7.82 Å². The Bertz CT molecular complexity index is 245. The molecule has 0 aromatic heterocycles. The number of aliphatic hydroxyl groups excluding tert-OH is 4. The smallest absolute Gasteiger partial charge is 0.395 e. The Morgan fingerprint density at radius 3 is 2.06 bits per heavy atom. The lowest BCUT2D eigenvalue weighted by Gasteiger charge is -2.26. The summed E-state index contributed by atoms with van der Waals surface area (Å²) in [6.07, 6.45) is -5.16. The van der Waals surface area contributed by atoms with Gasteiger partial charge in [-0.05, 0) is 0 Å². The molecule has 8 N–H and O–H groups in total. The molecular formula is C6H16NO8P. The Labute approximate surface area is 91.3 Å². The molecule has 0 saturated carbocycles. The summed E-state index contributed by atoms with van der Waals surface area (Å²) in [6.45, 7) is -1.50. The molecule has 0 spiro atoms. The van der Waals surface area contributed by atoms with Crippen molar-refractivity contribution in [3.8, 4) is 0 Å². The number of phosphoric ester groups is 1. The minimum atomic E-state index is -4.75. The van der Waals surface area contributed by atoms with E-state index < -0.39 is 45.4 Å². The van der Waals surface area contributed by atoms with E-state index >= 15 is 0 Å². The molecule has 0 aliphatic carbocycles. The summed E-state index contributed by atoms with van der Waals surface area (Å²) in [5, 5.41) is 36.2. The molecule has 98 valence electrons. The second-order valence-electron chi connectivity index (χ2n) is 3.18. The van der Waals surface area contributed by atoms with Gasteiger partial charge in [-0.3, -0.25) is 4.52 Å². The van der Waals surface area contributed by atoms with E-state index in [1.54, 1.807) is 0 Å². The highest BCUT2D eigenvalue weighted by atomic mass is 31.2. The van der Waals surface area contributed by atoms with Crippen molar-refractivity contribution in [2.24, 2.45) is 5.73 Å². The van der Waals surface area contributed by atoms with Gasteiger partial charge in [0, 0.05) is 0 Å². The van der Waals surface area contributed by atoms with E-state index in [-0.39, 0.29) is 0 Å². The van der Waals surface area contributed by atoms with Crippen LogP contribution < -0.4 is 5.73 Å². The zero-order chi connectivity index (χ0) is 12.9. The van der Waals surface area contributed by atoms with Crippen LogP contribution in [0.1, 0.15) is 0 Å². The molecular weight excluding hydrogens is 245 g/mol. The van der Waals surface area contributed by atoms with Crippen LogP contribution >= 0.6 is 7.82 Å². The molecule has 0 radical (unpaired) electrons. The second-order valence-corrected chi connectivity index (χ2v) is 4.42. The Hall–Kier alpha value is -0.0900. The van der Waals surface area contributed by atoms with Crippen molar-refractivity contribution in [1.29, 1.82) is 0 Å². The van der Waals surface area contributed by atoms with Crippen LogP contribution in [-0.4, -0.2) is 67.8 Å². The summed E-state index contributed by atoms with van der Waals surface area (Å²) in [4.78, 5) is 16.6. The van der Waals surface area contributed by atoms with Crippen LogP contribution in [0.3, 0.4) is 0 Å². The van der Waals surface area contributed by atoms with Gasteiger partial charge in [0.05, 0.1) is 25.4 Å². The predicted molar refractivity (Wildman–Crippen MR) is 51.1 cm³/mol. The largest absolute Gasteiger partial charge is 0.469 e. The molecule has 0 aliphatic heterocycles. The van der Waals surface area contributed by atoms with Gasteiger partial charge in [-0.15, -0.1) is 0 Å². The van der Waals surface area contributed by atoms with E-state index in [1.807, 2.05) is 0 Å². The molecule has 0 rings (SSSR count). The van der Waals surface area contributed by atoms with Crippen LogP contribution in [0.15, 0.2) is 0 Å². The number of hydrogen-bond acceptors (Lipinski definition) is 7. The van der Waals surface area contributed by atoms with Crippen molar-refractivity contribution in [2.45, 2.75) is 24.4 Å². The minimum absolute atomic E-state index is 0.621. The quantitative estimate of drug-likeness (QED) is 0.229. The minimum Gasteiger partial charge on any atom is -0.395 e. The van der Waals surface area contributed by atoms with Crippen LogP contribution in [0.5, 0.6) is 0 Å². The maximum Gasteiger partial charge on any atom is 0.469 e. The standard InChI is InChI=1S/C6H16NO8P/c7-3(1-8)5(10)6(11)4(9)2-15-16(12,13)14/h3-6,8-11H,1-2,7H2,(H2,12,13,14)/t3-,4-,5-,6-/m1/s1. The summed E-state index contributed by atoms with van der Waals surface area (Å²) >= 11 is 0. The van der Waals surface area contributed by atoms with Crippen molar-refractivity contribution in [3.05, 3.63) is 0 Å². The second kappa shape index (κ2) is 6.60. The number of hydrogen-bond donors (Lipinski definition) is 7. The van der Waals surface area contributed by atoms with E-state index in [9.17, 15) is 19.9 Å². The maximum absolute atomic E-state index is 10.3. The lowest BCUT2D eigenvalue weighted by Crippen LogP contribution is -2.50. The molecule has 0 aliphatic rings. The van der Waals surface area contributed by atoms with Crippen molar-refractivity contribution in [1.82, 2.24) is 0 Å². The van der Waals surface area contributed by atoms with Crippen molar-refractivity contribution in [3.63, 3.8) is 0 Å². The molecule has 9 nitrogen and oxygen atoms in total. The molecule has 10 heteroatoms. The summed E-state index contributed by atoms with van der Waals surface area (Å²) in [7, 11) is -4.75. The van der Waals surface area contributed by atoms with E-state index in [1.165, 1.54) is 0 Å². The third kappa shape index (κ3) is 5.85. The zero-order valence-corrected chi connectivity index (χ0v) is 9.14. The molecule has 0 heterocycles. The number of phosphoric acid groups is 1. The highest BCUT2D eigenvalue weighted by Crippen LogP contribution is 2.35. The van der Waals surface area contributed by atoms with E-state index in [0.717, 1.165) is 0 Å². The zero-order valence-electron chi connectivity index (χ0n) is 8.25.